The quantitative estimate of drug-likeness (QED) is 0.316. The van der Waals surface area contributed by atoms with Crippen molar-refractivity contribution in [3.8, 4) is 0 Å². The standard InChI is InChI=1S/C21H35BrN2/c1-4-17-13-18(14-17)8-6-12-21(15-19(21)24-3)11-5-7-16(2)9-10-20(22)23/h7,9-10,17-19,23-24H,4-6,8,11-15H2,1-3H3/b10-9-,16-7+,23-20?. The Labute approximate surface area is 157 Å². The first kappa shape index (κ1) is 19.9. The third-order valence-electron chi connectivity index (χ3n) is 6.34. The van der Waals surface area contributed by atoms with Crippen molar-refractivity contribution in [2.45, 2.75) is 77.7 Å². The summed E-state index contributed by atoms with van der Waals surface area (Å²) < 4.78 is 0.436. The average molecular weight is 395 g/mol. The maximum atomic E-state index is 7.38. The predicted octanol–water partition coefficient (Wildman–Crippen LogP) is 6.23. The van der Waals surface area contributed by atoms with E-state index in [-0.39, 0.29) is 0 Å². The van der Waals surface area contributed by atoms with Gasteiger partial charge in [0, 0.05) is 6.04 Å². The van der Waals surface area contributed by atoms with Gasteiger partial charge < -0.3 is 5.32 Å². The second kappa shape index (κ2) is 9.33. The summed E-state index contributed by atoms with van der Waals surface area (Å²) in [5.41, 5.74) is 1.82. The van der Waals surface area contributed by atoms with E-state index >= 15 is 0 Å². The second-order valence-electron chi connectivity index (χ2n) is 8.08. The lowest BCUT2D eigenvalue weighted by Crippen LogP contribution is -2.23. The minimum absolute atomic E-state index is 0.436. The van der Waals surface area contributed by atoms with Gasteiger partial charge in [-0.3, -0.25) is 5.41 Å². The summed E-state index contributed by atoms with van der Waals surface area (Å²) in [6.07, 6.45) is 18.6. The van der Waals surface area contributed by atoms with Gasteiger partial charge in [0.2, 0.25) is 0 Å². The van der Waals surface area contributed by atoms with Gasteiger partial charge in [-0.25, -0.2) is 0 Å². The van der Waals surface area contributed by atoms with Crippen LogP contribution in [0.5, 0.6) is 0 Å². The summed E-state index contributed by atoms with van der Waals surface area (Å²) >= 11 is 3.15. The van der Waals surface area contributed by atoms with Crippen molar-refractivity contribution >= 4 is 20.6 Å². The number of rotatable bonds is 11. The van der Waals surface area contributed by atoms with Gasteiger partial charge in [-0.2, -0.15) is 0 Å². The molecule has 2 atom stereocenters. The van der Waals surface area contributed by atoms with Crippen molar-refractivity contribution in [2.24, 2.45) is 17.3 Å². The Balaban J connectivity index is 1.71. The van der Waals surface area contributed by atoms with Crippen LogP contribution in [0, 0.1) is 22.7 Å². The molecule has 136 valence electrons. The number of hydrogen-bond acceptors (Lipinski definition) is 2. The average Bonchev–Trinajstić information content (AvgIpc) is 3.21. The number of halogens is 1. The highest BCUT2D eigenvalue weighted by Crippen LogP contribution is 2.54. The molecule has 2 unspecified atom stereocenters. The van der Waals surface area contributed by atoms with Crippen LogP contribution in [-0.4, -0.2) is 17.7 Å². The Bertz CT molecular complexity index is 476. The zero-order valence-corrected chi connectivity index (χ0v) is 17.3. The Morgan fingerprint density at radius 2 is 2.00 bits per heavy atom. The topological polar surface area (TPSA) is 35.9 Å². The summed E-state index contributed by atoms with van der Waals surface area (Å²) in [6, 6.07) is 0.738. The highest BCUT2D eigenvalue weighted by atomic mass is 79.9. The van der Waals surface area contributed by atoms with Gasteiger partial charge in [-0.05, 0) is 91.8 Å². The zero-order chi connectivity index (χ0) is 17.6. The molecule has 0 aromatic heterocycles. The second-order valence-corrected chi connectivity index (χ2v) is 8.93. The van der Waals surface area contributed by atoms with Crippen molar-refractivity contribution in [3.05, 3.63) is 23.8 Å². The molecule has 0 spiro atoms. The molecule has 2 rings (SSSR count). The van der Waals surface area contributed by atoms with E-state index in [2.05, 4.69) is 48.2 Å². The highest BCUT2D eigenvalue weighted by molar-refractivity contribution is 9.18. The van der Waals surface area contributed by atoms with E-state index in [9.17, 15) is 0 Å². The lowest BCUT2D eigenvalue weighted by atomic mass is 9.71. The Hall–Kier alpha value is -0.410. The first-order valence-corrected chi connectivity index (χ1v) is 10.5. The first-order chi connectivity index (χ1) is 11.5. The van der Waals surface area contributed by atoms with Crippen molar-refractivity contribution in [3.63, 3.8) is 0 Å². The maximum absolute atomic E-state index is 7.38. The lowest BCUT2D eigenvalue weighted by Gasteiger charge is -2.35. The normalized spacial score (nSPS) is 32.8. The number of allylic oxidation sites excluding steroid dienone is 4. The van der Waals surface area contributed by atoms with Crippen LogP contribution in [-0.2, 0) is 0 Å². The van der Waals surface area contributed by atoms with Crippen molar-refractivity contribution in [2.75, 3.05) is 7.05 Å². The van der Waals surface area contributed by atoms with Crippen LogP contribution in [0.3, 0.4) is 0 Å². The van der Waals surface area contributed by atoms with E-state index in [0.29, 0.717) is 10.0 Å². The van der Waals surface area contributed by atoms with Crippen molar-refractivity contribution in [1.29, 1.82) is 5.41 Å². The largest absolute Gasteiger partial charge is 0.316 e. The molecule has 2 aliphatic rings. The van der Waals surface area contributed by atoms with Gasteiger partial charge >= 0.3 is 0 Å². The predicted molar refractivity (Wildman–Crippen MR) is 109 cm³/mol. The van der Waals surface area contributed by atoms with E-state index in [1.807, 2.05) is 6.08 Å². The molecule has 24 heavy (non-hydrogen) atoms. The zero-order valence-electron chi connectivity index (χ0n) is 15.7. The summed E-state index contributed by atoms with van der Waals surface area (Å²) in [4.78, 5) is 0. The van der Waals surface area contributed by atoms with E-state index in [4.69, 9.17) is 5.41 Å². The summed E-state index contributed by atoms with van der Waals surface area (Å²) in [5.74, 6) is 2.07. The number of nitrogens with one attached hydrogen (secondary N) is 2. The molecule has 0 saturated heterocycles. The fourth-order valence-electron chi connectivity index (χ4n) is 4.48. The maximum Gasteiger partial charge on any atom is 0.0966 e. The van der Waals surface area contributed by atoms with Gasteiger partial charge in [-0.1, -0.05) is 43.9 Å². The molecule has 0 heterocycles. The molecule has 2 aliphatic carbocycles. The highest BCUT2D eigenvalue weighted by Gasteiger charge is 2.51. The van der Waals surface area contributed by atoms with Crippen LogP contribution in [0.15, 0.2) is 23.8 Å². The minimum atomic E-state index is 0.436. The van der Waals surface area contributed by atoms with Crippen LogP contribution < -0.4 is 5.32 Å². The molecule has 2 saturated carbocycles. The van der Waals surface area contributed by atoms with Gasteiger partial charge in [0.1, 0.15) is 0 Å². The van der Waals surface area contributed by atoms with E-state index < -0.39 is 0 Å². The minimum Gasteiger partial charge on any atom is -0.316 e. The molecular weight excluding hydrogens is 360 g/mol. The molecule has 3 heteroatoms. The van der Waals surface area contributed by atoms with Crippen LogP contribution in [0.1, 0.15) is 71.6 Å². The van der Waals surface area contributed by atoms with Gasteiger partial charge in [0.25, 0.3) is 0 Å². The van der Waals surface area contributed by atoms with Crippen LogP contribution in [0.4, 0.5) is 0 Å². The SMILES string of the molecule is CCC1CC(CCCC2(CC/C=C(C)/C=C\C(=N)Br)CC2NC)C1. The molecule has 0 aliphatic heterocycles. The van der Waals surface area contributed by atoms with Gasteiger partial charge in [0.05, 0.1) is 4.62 Å². The van der Waals surface area contributed by atoms with Crippen molar-refractivity contribution in [1.82, 2.24) is 5.32 Å². The van der Waals surface area contributed by atoms with E-state index in [0.717, 1.165) is 24.3 Å². The summed E-state index contributed by atoms with van der Waals surface area (Å²) in [6.45, 7) is 4.46. The van der Waals surface area contributed by atoms with Crippen molar-refractivity contribution < 1.29 is 0 Å². The van der Waals surface area contributed by atoms with E-state index in [1.165, 1.54) is 56.9 Å². The van der Waals surface area contributed by atoms with Crippen LogP contribution in [0.25, 0.3) is 0 Å². The Morgan fingerprint density at radius 3 is 2.58 bits per heavy atom. The fourth-order valence-corrected chi connectivity index (χ4v) is 4.61. The monoisotopic (exact) mass is 394 g/mol. The van der Waals surface area contributed by atoms with Crippen LogP contribution >= 0.6 is 15.9 Å². The van der Waals surface area contributed by atoms with Gasteiger partial charge in [-0.15, -0.1) is 0 Å². The van der Waals surface area contributed by atoms with Gasteiger partial charge in [0.15, 0.2) is 0 Å². The smallest absolute Gasteiger partial charge is 0.0966 e. The Kier molecular flexibility index (Phi) is 7.74. The molecule has 0 amide bonds. The molecule has 2 fully saturated rings. The Morgan fingerprint density at radius 1 is 1.25 bits per heavy atom. The first-order valence-electron chi connectivity index (χ1n) is 9.75. The third-order valence-corrected chi connectivity index (χ3v) is 6.60. The molecule has 2 nitrogen and oxygen atoms in total. The molecule has 0 aromatic rings. The lowest BCUT2D eigenvalue weighted by molar-refractivity contribution is 0.169. The molecule has 0 bridgehead atoms. The van der Waals surface area contributed by atoms with Crippen LogP contribution in [0.2, 0.25) is 0 Å². The molecule has 0 aromatic carbocycles. The molecule has 2 N–H and O–H groups in total. The molecular formula is C21H35BrN2. The molecule has 0 radical (unpaired) electrons. The number of hydrogen-bond donors (Lipinski definition) is 2. The van der Waals surface area contributed by atoms with E-state index in [1.54, 1.807) is 6.08 Å². The summed E-state index contributed by atoms with van der Waals surface area (Å²) in [5, 5.41) is 10.9. The third kappa shape index (κ3) is 5.84. The fraction of sp³-hybridized carbons (Fsp3) is 0.762. The summed E-state index contributed by atoms with van der Waals surface area (Å²) in [7, 11) is 2.12.